The maximum Gasteiger partial charge on any atom is 0.0594 e. The van der Waals surface area contributed by atoms with Gasteiger partial charge >= 0.3 is 0 Å². The van der Waals surface area contributed by atoms with Crippen LogP contribution in [0.25, 0.3) is 0 Å². The van der Waals surface area contributed by atoms with Gasteiger partial charge in [-0.05, 0) is 38.3 Å². The number of hydrogen-bond donors (Lipinski definition) is 1. The maximum absolute atomic E-state index is 5.39. The zero-order valence-corrected chi connectivity index (χ0v) is 10.6. The van der Waals surface area contributed by atoms with Crippen molar-refractivity contribution in [1.82, 2.24) is 4.90 Å². The van der Waals surface area contributed by atoms with Crippen LogP contribution in [0.5, 0.6) is 0 Å². The summed E-state index contributed by atoms with van der Waals surface area (Å²) in [6.45, 7) is 8.09. The van der Waals surface area contributed by atoms with Crippen LogP contribution in [0.4, 0.5) is 0 Å². The van der Waals surface area contributed by atoms with E-state index in [0.29, 0.717) is 13.2 Å². The van der Waals surface area contributed by atoms with Crippen molar-refractivity contribution in [3.05, 3.63) is 0 Å². The summed E-state index contributed by atoms with van der Waals surface area (Å²) in [7, 11) is 0. The van der Waals surface area contributed by atoms with E-state index in [2.05, 4.69) is 11.8 Å². The molecule has 0 radical (unpaired) electrons. The molecule has 1 heterocycles. The van der Waals surface area contributed by atoms with Gasteiger partial charge in [0.2, 0.25) is 0 Å². The summed E-state index contributed by atoms with van der Waals surface area (Å²) in [5, 5.41) is 0. The average Bonchev–Trinajstić information content (AvgIpc) is 2.38. The summed E-state index contributed by atoms with van der Waals surface area (Å²) in [5.74, 6) is 0.907. The standard InChI is InChI=1S/C11H24N2O.ClH/c1-11-3-2-6-13(7-4-11)8-10-14-9-5-12;/h11H,2-10,12H2,1H3;1H. The van der Waals surface area contributed by atoms with Crippen molar-refractivity contribution < 1.29 is 4.74 Å². The Labute approximate surface area is 99.7 Å². The monoisotopic (exact) mass is 236 g/mol. The smallest absolute Gasteiger partial charge is 0.0594 e. The number of likely N-dealkylation sites (tertiary alicyclic amines) is 1. The summed E-state index contributed by atoms with van der Waals surface area (Å²) < 4.78 is 5.39. The molecular formula is C11H25ClN2O. The fourth-order valence-electron chi connectivity index (χ4n) is 1.93. The van der Waals surface area contributed by atoms with Crippen molar-refractivity contribution in [2.45, 2.75) is 26.2 Å². The van der Waals surface area contributed by atoms with Gasteiger partial charge in [-0.15, -0.1) is 12.4 Å². The molecule has 0 saturated carbocycles. The Hall–Kier alpha value is 0.170. The predicted octanol–water partition coefficient (Wildman–Crippen LogP) is 1.51. The van der Waals surface area contributed by atoms with Gasteiger partial charge in [0.15, 0.2) is 0 Å². The zero-order valence-electron chi connectivity index (χ0n) is 9.78. The molecule has 1 rings (SSSR count). The number of hydrogen-bond acceptors (Lipinski definition) is 3. The van der Waals surface area contributed by atoms with E-state index in [1.165, 1.54) is 32.4 Å². The number of nitrogens with zero attached hydrogens (tertiary/aromatic N) is 1. The van der Waals surface area contributed by atoms with E-state index in [9.17, 15) is 0 Å². The molecule has 0 amide bonds. The zero-order chi connectivity index (χ0) is 10.2. The molecule has 0 aromatic heterocycles. The minimum atomic E-state index is 0. The second-order valence-electron chi connectivity index (χ2n) is 4.28. The molecule has 15 heavy (non-hydrogen) atoms. The van der Waals surface area contributed by atoms with Crippen LogP contribution in [0.2, 0.25) is 0 Å². The first-order valence-corrected chi connectivity index (χ1v) is 5.83. The predicted molar refractivity (Wildman–Crippen MR) is 66.6 cm³/mol. The molecular weight excluding hydrogens is 212 g/mol. The van der Waals surface area contributed by atoms with E-state index in [1.54, 1.807) is 0 Å². The molecule has 1 aliphatic heterocycles. The second kappa shape index (κ2) is 9.40. The van der Waals surface area contributed by atoms with Gasteiger partial charge in [-0.1, -0.05) is 6.92 Å². The number of ether oxygens (including phenoxy) is 1. The Kier molecular flexibility index (Phi) is 9.51. The average molecular weight is 237 g/mol. The first kappa shape index (κ1) is 15.2. The third-order valence-corrected chi connectivity index (χ3v) is 2.92. The highest BCUT2D eigenvalue weighted by Crippen LogP contribution is 2.15. The first-order valence-electron chi connectivity index (χ1n) is 5.83. The summed E-state index contributed by atoms with van der Waals surface area (Å²) in [5.41, 5.74) is 5.35. The van der Waals surface area contributed by atoms with Gasteiger partial charge in [0.05, 0.1) is 13.2 Å². The van der Waals surface area contributed by atoms with Crippen molar-refractivity contribution in [3.63, 3.8) is 0 Å². The molecule has 0 aliphatic carbocycles. The van der Waals surface area contributed by atoms with E-state index in [1.807, 2.05) is 0 Å². The van der Waals surface area contributed by atoms with E-state index >= 15 is 0 Å². The minimum absolute atomic E-state index is 0. The van der Waals surface area contributed by atoms with Crippen molar-refractivity contribution >= 4 is 12.4 Å². The Morgan fingerprint density at radius 3 is 2.80 bits per heavy atom. The van der Waals surface area contributed by atoms with Gasteiger partial charge in [0.1, 0.15) is 0 Å². The lowest BCUT2D eigenvalue weighted by Crippen LogP contribution is -2.29. The van der Waals surface area contributed by atoms with E-state index in [-0.39, 0.29) is 12.4 Å². The Balaban J connectivity index is 0.00000196. The van der Waals surface area contributed by atoms with E-state index in [4.69, 9.17) is 10.5 Å². The minimum Gasteiger partial charge on any atom is -0.379 e. The van der Waals surface area contributed by atoms with E-state index in [0.717, 1.165) is 19.1 Å². The normalized spacial score (nSPS) is 23.2. The number of nitrogens with two attached hydrogens (primary N) is 1. The molecule has 0 spiro atoms. The third-order valence-electron chi connectivity index (χ3n) is 2.92. The molecule has 1 fully saturated rings. The Morgan fingerprint density at radius 2 is 2.07 bits per heavy atom. The summed E-state index contributed by atoms with van der Waals surface area (Å²) in [6, 6.07) is 0. The molecule has 1 atom stereocenters. The molecule has 4 heteroatoms. The lowest BCUT2D eigenvalue weighted by atomic mass is 10.0. The van der Waals surface area contributed by atoms with Gasteiger partial charge < -0.3 is 15.4 Å². The largest absolute Gasteiger partial charge is 0.379 e. The third kappa shape index (κ3) is 7.12. The van der Waals surface area contributed by atoms with Crippen LogP contribution < -0.4 is 5.73 Å². The van der Waals surface area contributed by atoms with Gasteiger partial charge in [-0.3, -0.25) is 0 Å². The molecule has 3 nitrogen and oxygen atoms in total. The topological polar surface area (TPSA) is 38.5 Å². The highest BCUT2D eigenvalue weighted by atomic mass is 35.5. The van der Waals surface area contributed by atoms with Gasteiger partial charge in [-0.25, -0.2) is 0 Å². The van der Waals surface area contributed by atoms with Crippen LogP contribution in [0.1, 0.15) is 26.2 Å². The molecule has 1 aliphatic rings. The van der Waals surface area contributed by atoms with Crippen molar-refractivity contribution in [1.29, 1.82) is 0 Å². The van der Waals surface area contributed by atoms with Crippen molar-refractivity contribution in [2.75, 3.05) is 39.4 Å². The summed E-state index contributed by atoms with van der Waals surface area (Å²) in [6.07, 6.45) is 4.08. The van der Waals surface area contributed by atoms with Crippen LogP contribution in [0.15, 0.2) is 0 Å². The fraction of sp³-hybridized carbons (Fsp3) is 1.00. The highest BCUT2D eigenvalue weighted by molar-refractivity contribution is 5.85. The fourth-order valence-corrected chi connectivity index (χ4v) is 1.93. The van der Waals surface area contributed by atoms with Gasteiger partial charge in [0, 0.05) is 13.1 Å². The molecule has 92 valence electrons. The maximum atomic E-state index is 5.39. The van der Waals surface area contributed by atoms with Crippen molar-refractivity contribution in [3.8, 4) is 0 Å². The Bertz CT molecular complexity index is 147. The van der Waals surface area contributed by atoms with Crippen LogP contribution in [-0.4, -0.2) is 44.3 Å². The number of rotatable bonds is 5. The summed E-state index contributed by atoms with van der Waals surface area (Å²) in [4.78, 5) is 2.51. The Morgan fingerprint density at radius 1 is 1.27 bits per heavy atom. The van der Waals surface area contributed by atoms with Crippen LogP contribution in [-0.2, 0) is 4.74 Å². The molecule has 1 saturated heterocycles. The molecule has 0 aromatic carbocycles. The molecule has 1 unspecified atom stereocenters. The van der Waals surface area contributed by atoms with Crippen molar-refractivity contribution in [2.24, 2.45) is 11.7 Å². The molecule has 0 aromatic rings. The summed E-state index contributed by atoms with van der Waals surface area (Å²) >= 11 is 0. The van der Waals surface area contributed by atoms with E-state index < -0.39 is 0 Å². The first-order chi connectivity index (χ1) is 6.83. The second-order valence-corrected chi connectivity index (χ2v) is 4.28. The molecule has 0 bridgehead atoms. The SMILES string of the molecule is CC1CCCN(CCOCCN)CC1.Cl. The molecule has 2 N–H and O–H groups in total. The van der Waals surface area contributed by atoms with Crippen LogP contribution >= 0.6 is 12.4 Å². The lowest BCUT2D eigenvalue weighted by molar-refractivity contribution is 0.110. The highest BCUT2D eigenvalue weighted by Gasteiger charge is 2.12. The van der Waals surface area contributed by atoms with Gasteiger partial charge in [-0.2, -0.15) is 0 Å². The lowest BCUT2D eigenvalue weighted by Gasteiger charge is -2.19. The quantitative estimate of drug-likeness (QED) is 0.736. The van der Waals surface area contributed by atoms with Gasteiger partial charge in [0.25, 0.3) is 0 Å². The van der Waals surface area contributed by atoms with Crippen LogP contribution in [0.3, 0.4) is 0 Å². The van der Waals surface area contributed by atoms with Crippen LogP contribution in [0, 0.1) is 5.92 Å². The number of halogens is 1.